The molecule has 2 aromatic carbocycles. The van der Waals surface area contributed by atoms with Crippen molar-refractivity contribution in [3.63, 3.8) is 0 Å². The quantitative estimate of drug-likeness (QED) is 0.886. The zero-order valence-electron chi connectivity index (χ0n) is 11.8. The van der Waals surface area contributed by atoms with Gasteiger partial charge in [0.25, 0.3) is 5.91 Å². The van der Waals surface area contributed by atoms with E-state index in [0.29, 0.717) is 12.1 Å². The van der Waals surface area contributed by atoms with Crippen LogP contribution in [0.3, 0.4) is 0 Å². The van der Waals surface area contributed by atoms with Gasteiger partial charge in [0.1, 0.15) is 0 Å². The second-order valence-corrected chi connectivity index (χ2v) is 4.88. The Morgan fingerprint density at radius 3 is 2.33 bits per heavy atom. The van der Waals surface area contributed by atoms with Gasteiger partial charge >= 0.3 is 5.97 Å². The van der Waals surface area contributed by atoms with Crippen LogP contribution in [0.5, 0.6) is 0 Å². The molecule has 0 aliphatic rings. The van der Waals surface area contributed by atoms with Gasteiger partial charge in [-0.25, -0.2) is 4.79 Å². The lowest BCUT2D eigenvalue weighted by Gasteiger charge is -2.06. The van der Waals surface area contributed by atoms with Gasteiger partial charge in [-0.05, 0) is 43.2 Å². The van der Waals surface area contributed by atoms with Gasteiger partial charge in [0, 0.05) is 12.1 Å². The molecular formula is C17H17NO3. The Morgan fingerprint density at radius 1 is 1.05 bits per heavy atom. The van der Waals surface area contributed by atoms with Crippen molar-refractivity contribution in [2.45, 2.75) is 13.3 Å². The van der Waals surface area contributed by atoms with Crippen LogP contribution in [0.1, 0.15) is 31.8 Å². The van der Waals surface area contributed by atoms with Crippen molar-refractivity contribution in [3.05, 3.63) is 70.8 Å². The molecule has 21 heavy (non-hydrogen) atoms. The van der Waals surface area contributed by atoms with Crippen molar-refractivity contribution < 1.29 is 14.7 Å². The lowest BCUT2D eigenvalue weighted by Crippen LogP contribution is -2.25. The standard InChI is InChI=1S/C17H17NO3/c1-12-3-2-4-13(11-12)9-10-18-16(19)14-5-7-15(8-6-14)17(20)21/h2-8,11H,9-10H2,1H3,(H,18,19)(H,20,21). The number of carboxylic acid groups (broad SMARTS) is 1. The number of carboxylic acids is 1. The van der Waals surface area contributed by atoms with Gasteiger partial charge < -0.3 is 10.4 Å². The van der Waals surface area contributed by atoms with Gasteiger partial charge in [0.15, 0.2) is 0 Å². The molecular weight excluding hydrogens is 266 g/mol. The van der Waals surface area contributed by atoms with E-state index in [4.69, 9.17) is 5.11 Å². The second-order valence-electron chi connectivity index (χ2n) is 4.88. The molecule has 0 unspecified atom stereocenters. The van der Waals surface area contributed by atoms with Crippen LogP contribution >= 0.6 is 0 Å². The molecule has 0 fully saturated rings. The summed E-state index contributed by atoms with van der Waals surface area (Å²) in [5, 5.41) is 11.6. The van der Waals surface area contributed by atoms with E-state index < -0.39 is 5.97 Å². The highest BCUT2D eigenvalue weighted by Gasteiger charge is 2.07. The predicted octanol–water partition coefficient (Wildman–Crippen LogP) is 2.67. The summed E-state index contributed by atoms with van der Waals surface area (Å²) in [4.78, 5) is 22.7. The van der Waals surface area contributed by atoms with E-state index in [-0.39, 0.29) is 11.5 Å². The maximum atomic E-state index is 11.9. The number of hydrogen-bond donors (Lipinski definition) is 2. The molecule has 0 radical (unpaired) electrons. The molecule has 0 aliphatic heterocycles. The van der Waals surface area contributed by atoms with Gasteiger partial charge in [-0.15, -0.1) is 0 Å². The summed E-state index contributed by atoms with van der Waals surface area (Å²) in [6, 6.07) is 14.0. The Balaban J connectivity index is 1.88. The van der Waals surface area contributed by atoms with E-state index in [1.807, 2.05) is 25.1 Å². The average molecular weight is 283 g/mol. The molecule has 1 amide bonds. The Morgan fingerprint density at radius 2 is 1.71 bits per heavy atom. The Hall–Kier alpha value is -2.62. The number of nitrogens with one attached hydrogen (secondary N) is 1. The fourth-order valence-corrected chi connectivity index (χ4v) is 2.05. The Kier molecular flexibility index (Phi) is 4.72. The molecule has 4 heteroatoms. The summed E-state index contributed by atoms with van der Waals surface area (Å²) in [7, 11) is 0. The van der Waals surface area contributed by atoms with Crippen LogP contribution in [0.15, 0.2) is 48.5 Å². The van der Waals surface area contributed by atoms with Gasteiger partial charge in [-0.3, -0.25) is 4.79 Å². The number of rotatable bonds is 5. The molecule has 108 valence electrons. The molecule has 0 spiro atoms. The maximum Gasteiger partial charge on any atom is 0.335 e. The van der Waals surface area contributed by atoms with Crippen molar-refractivity contribution in [3.8, 4) is 0 Å². The minimum atomic E-state index is -0.999. The first kappa shape index (κ1) is 14.8. The highest BCUT2D eigenvalue weighted by molar-refractivity contribution is 5.95. The smallest absolute Gasteiger partial charge is 0.335 e. The Labute approximate surface area is 123 Å². The normalized spacial score (nSPS) is 10.1. The van der Waals surface area contributed by atoms with Gasteiger partial charge in [-0.2, -0.15) is 0 Å². The highest BCUT2D eigenvalue weighted by Crippen LogP contribution is 2.06. The zero-order valence-corrected chi connectivity index (χ0v) is 11.8. The molecule has 0 atom stereocenters. The Bertz CT molecular complexity index is 647. The second kappa shape index (κ2) is 6.70. The molecule has 0 saturated heterocycles. The molecule has 4 nitrogen and oxygen atoms in total. The number of carbonyl (C=O) groups is 2. The van der Waals surface area contributed by atoms with E-state index in [2.05, 4.69) is 11.4 Å². The van der Waals surface area contributed by atoms with E-state index in [1.54, 1.807) is 0 Å². The molecule has 2 rings (SSSR count). The molecule has 0 aromatic heterocycles. The summed E-state index contributed by atoms with van der Waals surface area (Å²) in [6.45, 7) is 2.58. The first-order chi connectivity index (χ1) is 10.1. The lowest BCUT2D eigenvalue weighted by atomic mass is 10.1. The number of amides is 1. The first-order valence-electron chi connectivity index (χ1n) is 6.73. The average Bonchev–Trinajstić information content (AvgIpc) is 2.47. The van der Waals surface area contributed by atoms with E-state index in [9.17, 15) is 9.59 Å². The molecule has 2 aromatic rings. The highest BCUT2D eigenvalue weighted by atomic mass is 16.4. The van der Waals surface area contributed by atoms with Crippen molar-refractivity contribution in [1.29, 1.82) is 0 Å². The third-order valence-electron chi connectivity index (χ3n) is 3.18. The minimum absolute atomic E-state index is 0.173. The van der Waals surface area contributed by atoms with Crippen molar-refractivity contribution in [1.82, 2.24) is 5.32 Å². The monoisotopic (exact) mass is 283 g/mol. The number of aryl methyl sites for hydroxylation is 1. The fraction of sp³-hybridized carbons (Fsp3) is 0.176. The summed E-state index contributed by atoms with van der Waals surface area (Å²) in [5.74, 6) is -1.19. The van der Waals surface area contributed by atoms with Gasteiger partial charge in [0.05, 0.1) is 5.56 Å². The summed E-state index contributed by atoms with van der Waals surface area (Å²) >= 11 is 0. The molecule has 0 aliphatic carbocycles. The van der Waals surface area contributed by atoms with Crippen LogP contribution in [-0.2, 0) is 6.42 Å². The summed E-state index contributed by atoms with van der Waals surface area (Å²) < 4.78 is 0. The van der Waals surface area contributed by atoms with Crippen LogP contribution in [0.4, 0.5) is 0 Å². The topological polar surface area (TPSA) is 66.4 Å². The van der Waals surface area contributed by atoms with Crippen molar-refractivity contribution in [2.75, 3.05) is 6.54 Å². The van der Waals surface area contributed by atoms with Gasteiger partial charge in [-0.1, -0.05) is 29.8 Å². The summed E-state index contributed by atoms with van der Waals surface area (Å²) in [5.41, 5.74) is 3.01. The predicted molar refractivity (Wildman–Crippen MR) is 80.6 cm³/mol. The third-order valence-corrected chi connectivity index (χ3v) is 3.18. The van der Waals surface area contributed by atoms with E-state index in [0.717, 1.165) is 6.42 Å². The molecule has 2 N–H and O–H groups in total. The van der Waals surface area contributed by atoms with Crippen LogP contribution < -0.4 is 5.32 Å². The van der Waals surface area contributed by atoms with E-state index in [1.165, 1.54) is 35.4 Å². The third kappa shape index (κ3) is 4.18. The zero-order chi connectivity index (χ0) is 15.2. The van der Waals surface area contributed by atoms with Crippen LogP contribution in [0.25, 0.3) is 0 Å². The van der Waals surface area contributed by atoms with Crippen LogP contribution in [0.2, 0.25) is 0 Å². The summed E-state index contributed by atoms with van der Waals surface area (Å²) in [6.07, 6.45) is 0.765. The van der Waals surface area contributed by atoms with Gasteiger partial charge in [0.2, 0.25) is 0 Å². The van der Waals surface area contributed by atoms with Crippen LogP contribution in [0, 0.1) is 6.92 Å². The van der Waals surface area contributed by atoms with E-state index >= 15 is 0 Å². The van der Waals surface area contributed by atoms with Crippen molar-refractivity contribution in [2.24, 2.45) is 0 Å². The minimum Gasteiger partial charge on any atom is -0.478 e. The van der Waals surface area contributed by atoms with Crippen LogP contribution in [-0.4, -0.2) is 23.5 Å². The molecule has 0 bridgehead atoms. The van der Waals surface area contributed by atoms with Crippen molar-refractivity contribution >= 4 is 11.9 Å². The largest absolute Gasteiger partial charge is 0.478 e. The number of carbonyl (C=O) groups excluding carboxylic acids is 1. The molecule has 0 heterocycles. The maximum absolute atomic E-state index is 11.9. The number of benzene rings is 2. The molecule has 0 saturated carbocycles. The fourth-order valence-electron chi connectivity index (χ4n) is 2.05. The first-order valence-corrected chi connectivity index (χ1v) is 6.73. The number of hydrogen-bond acceptors (Lipinski definition) is 2. The number of aromatic carboxylic acids is 1. The SMILES string of the molecule is Cc1cccc(CCNC(=O)c2ccc(C(=O)O)cc2)c1. The lowest BCUT2D eigenvalue weighted by molar-refractivity contribution is 0.0696.